The molecule has 160 valence electrons. The Morgan fingerprint density at radius 2 is 1.48 bits per heavy atom. The zero-order valence-corrected chi connectivity index (χ0v) is 18.5. The van der Waals surface area contributed by atoms with Crippen LogP contribution < -0.4 is 14.2 Å². The van der Waals surface area contributed by atoms with Crippen molar-refractivity contribution in [3.8, 4) is 5.75 Å². The molecule has 2 rings (SSSR count). The molecule has 0 aliphatic rings. The molecule has 0 fully saturated rings. The molecule has 0 atom stereocenters. The summed E-state index contributed by atoms with van der Waals surface area (Å²) in [4.78, 5) is 0.153. The minimum absolute atomic E-state index is 0.00976. The number of hydrogen-bond acceptors (Lipinski definition) is 6. The molecule has 2 N–H and O–H groups in total. The zero-order chi connectivity index (χ0) is 21.7. The van der Waals surface area contributed by atoms with Gasteiger partial charge < -0.3 is 9.47 Å². The van der Waals surface area contributed by atoms with Gasteiger partial charge in [-0.2, -0.15) is 0 Å². The van der Waals surface area contributed by atoms with Crippen molar-refractivity contribution in [2.24, 2.45) is 0 Å². The van der Waals surface area contributed by atoms with Gasteiger partial charge in [0.2, 0.25) is 20.0 Å². The highest BCUT2D eigenvalue weighted by atomic mass is 32.2. The lowest BCUT2D eigenvalue weighted by atomic mass is 10.1. The van der Waals surface area contributed by atoms with Crippen molar-refractivity contribution >= 4 is 20.0 Å². The van der Waals surface area contributed by atoms with E-state index in [1.807, 2.05) is 13.8 Å². The van der Waals surface area contributed by atoms with Crippen LogP contribution in [-0.4, -0.2) is 44.2 Å². The Bertz CT molecular complexity index is 1050. The second kappa shape index (κ2) is 9.68. The van der Waals surface area contributed by atoms with Gasteiger partial charge in [-0.05, 0) is 54.8 Å². The number of sulfonamides is 2. The minimum atomic E-state index is -3.81. The maximum atomic E-state index is 12.7. The highest BCUT2D eigenvalue weighted by Crippen LogP contribution is 2.27. The summed E-state index contributed by atoms with van der Waals surface area (Å²) in [7, 11) is -4.55. The van der Waals surface area contributed by atoms with Crippen LogP contribution in [-0.2, 0) is 31.3 Å². The molecule has 0 radical (unpaired) electrons. The smallest absolute Gasteiger partial charge is 0.244 e. The van der Waals surface area contributed by atoms with Crippen molar-refractivity contribution in [3.05, 3.63) is 53.1 Å². The Hall–Kier alpha value is -1.98. The first-order chi connectivity index (χ1) is 13.6. The summed E-state index contributed by atoms with van der Waals surface area (Å²) in [5.74, 6) is 0.268. The first-order valence-corrected chi connectivity index (χ1v) is 11.8. The normalized spacial score (nSPS) is 12.1. The topological polar surface area (TPSA) is 111 Å². The Morgan fingerprint density at radius 1 is 0.862 bits per heavy atom. The van der Waals surface area contributed by atoms with E-state index in [1.165, 1.54) is 26.4 Å². The van der Waals surface area contributed by atoms with Crippen LogP contribution in [0.1, 0.15) is 16.7 Å². The zero-order valence-electron chi connectivity index (χ0n) is 16.9. The van der Waals surface area contributed by atoms with E-state index in [0.29, 0.717) is 5.56 Å². The second-order valence-electron chi connectivity index (χ2n) is 6.45. The average Bonchev–Trinajstić information content (AvgIpc) is 2.68. The van der Waals surface area contributed by atoms with Gasteiger partial charge in [0.25, 0.3) is 0 Å². The Balaban J connectivity index is 2.13. The number of ether oxygens (including phenoxy) is 2. The molecular weight excluding hydrogens is 416 g/mol. The van der Waals surface area contributed by atoms with E-state index in [2.05, 4.69) is 9.44 Å². The van der Waals surface area contributed by atoms with Crippen LogP contribution in [0.15, 0.2) is 46.2 Å². The molecular formula is C19H26N2O6S2. The number of rotatable bonds is 10. The fourth-order valence-electron chi connectivity index (χ4n) is 2.54. The van der Waals surface area contributed by atoms with Gasteiger partial charge in [0.15, 0.2) is 0 Å². The molecule has 0 unspecified atom stereocenters. The number of hydrogen-bond donors (Lipinski definition) is 2. The van der Waals surface area contributed by atoms with Crippen LogP contribution >= 0.6 is 0 Å². The SMILES string of the molecule is COCCNS(=O)(=O)c1ccc(CNS(=O)(=O)c2cc(C)c(C)cc2OC)cc1. The lowest BCUT2D eigenvalue weighted by Gasteiger charge is -2.13. The van der Waals surface area contributed by atoms with Crippen LogP contribution in [0.2, 0.25) is 0 Å². The predicted octanol–water partition coefficient (Wildman–Crippen LogP) is 1.72. The third-order valence-corrected chi connectivity index (χ3v) is 7.27. The molecule has 29 heavy (non-hydrogen) atoms. The van der Waals surface area contributed by atoms with Crippen molar-refractivity contribution in [1.29, 1.82) is 0 Å². The van der Waals surface area contributed by atoms with E-state index in [4.69, 9.17) is 9.47 Å². The molecule has 0 heterocycles. The number of benzene rings is 2. The molecule has 0 aliphatic heterocycles. The standard InChI is InChI=1S/C19H26N2O6S2/c1-14-11-18(27-4)19(12-15(14)2)29(24,25)21-13-16-5-7-17(8-6-16)28(22,23)20-9-10-26-3/h5-8,11-12,20-21H,9-10,13H2,1-4H3. The van der Waals surface area contributed by atoms with Crippen LogP contribution in [0.4, 0.5) is 0 Å². The van der Waals surface area contributed by atoms with E-state index >= 15 is 0 Å². The minimum Gasteiger partial charge on any atom is -0.495 e. The molecule has 0 saturated carbocycles. The quantitative estimate of drug-likeness (QED) is 0.542. The summed E-state index contributed by atoms with van der Waals surface area (Å²) >= 11 is 0. The van der Waals surface area contributed by atoms with E-state index in [9.17, 15) is 16.8 Å². The molecule has 8 nitrogen and oxygen atoms in total. The number of nitrogens with one attached hydrogen (secondary N) is 2. The summed E-state index contributed by atoms with van der Waals surface area (Å²) < 4.78 is 64.7. The van der Waals surface area contributed by atoms with E-state index < -0.39 is 20.0 Å². The highest BCUT2D eigenvalue weighted by Gasteiger charge is 2.20. The predicted molar refractivity (Wildman–Crippen MR) is 110 cm³/mol. The van der Waals surface area contributed by atoms with Gasteiger partial charge in [-0.15, -0.1) is 0 Å². The summed E-state index contributed by atoms with van der Waals surface area (Å²) in [6.07, 6.45) is 0. The van der Waals surface area contributed by atoms with Crippen molar-refractivity contribution < 1.29 is 26.3 Å². The van der Waals surface area contributed by atoms with Crippen molar-refractivity contribution in [3.63, 3.8) is 0 Å². The fourth-order valence-corrected chi connectivity index (χ4v) is 4.80. The van der Waals surface area contributed by atoms with Crippen LogP contribution in [0.25, 0.3) is 0 Å². The monoisotopic (exact) mass is 442 g/mol. The number of methoxy groups -OCH3 is 2. The van der Waals surface area contributed by atoms with Crippen LogP contribution in [0.3, 0.4) is 0 Å². The second-order valence-corrected chi connectivity index (χ2v) is 9.95. The Kier molecular flexibility index (Phi) is 7.78. The summed E-state index contributed by atoms with van der Waals surface area (Å²) in [5, 5.41) is 0. The van der Waals surface area contributed by atoms with Crippen LogP contribution in [0, 0.1) is 13.8 Å². The van der Waals surface area contributed by atoms with Gasteiger partial charge in [-0.25, -0.2) is 26.3 Å². The first-order valence-electron chi connectivity index (χ1n) is 8.83. The van der Waals surface area contributed by atoms with Gasteiger partial charge in [0.1, 0.15) is 10.6 Å². The van der Waals surface area contributed by atoms with Crippen molar-refractivity contribution in [2.45, 2.75) is 30.2 Å². The average molecular weight is 443 g/mol. The molecule has 2 aromatic rings. The van der Waals surface area contributed by atoms with Gasteiger partial charge in [-0.1, -0.05) is 12.1 Å². The summed E-state index contributed by atoms with van der Waals surface area (Å²) in [6.45, 7) is 4.14. The highest BCUT2D eigenvalue weighted by molar-refractivity contribution is 7.89. The maximum Gasteiger partial charge on any atom is 0.244 e. The summed E-state index contributed by atoms with van der Waals surface area (Å²) in [6, 6.07) is 9.22. The molecule has 0 bridgehead atoms. The van der Waals surface area contributed by atoms with Gasteiger partial charge in [-0.3, -0.25) is 0 Å². The third-order valence-electron chi connectivity index (χ3n) is 4.37. The van der Waals surface area contributed by atoms with E-state index in [1.54, 1.807) is 24.3 Å². The maximum absolute atomic E-state index is 12.7. The summed E-state index contributed by atoms with van der Waals surface area (Å²) in [5.41, 5.74) is 2.38. The van der Waals surface area contributed by atoms with Gasteiger partial charge in [0, 0.05) is 20.2 Å². The largest absolute Gasteiger partial charge is 0.495 e. The fraction of sp³-hybridized carbons (Fsp3) is 0.368. The lowest BCUT2D eigenvalue weighted by Crippen LogP contribution is -2.27. The molecule has 0 saturated heterocycles. The molecule has 10 heteroatoms. The number of aryl methyl sites for hydroxylation is 2. The molecule has 0 aliphatic carbocycles. The molecule has 2 aromatic carbocycles. The van der Waals surface area contributed by atoms with Crippen molar-refractivity contribution in [1.82, 2.24) is 9.44 Å². The molecule has 0 spiro atoms. The first kappa shape index (κ1) is 23.3. The van der Waals surface area contributed by atoms with E-state index in [-0.39, 0.29) is 35.2 Å². The van der Waals surface area contributed by atoms with Crippen molar-refractivity contribution in [2.75, 3.05) is 27.4 Å². The Labute approximate surface area is 172 Å². The lowest BCUT2D eigenvalue weighted by molar-refractivity contribution is 0.204. The van der Waals surface area contributed by atoms with E-state index in [0.717, 1.165) is 11.1 Å². The van der Waals surface area contributed by atoms with Gasteiger partial charge >= 0.3 is 0 Å². The van der Waals surface area contributed by atoms with Crippen LogP contribution in [0.5, 0.6) is 5.75 Å². The molecule has 0 aromatic heterocycles. The van der Waals surface area contributed by atoms with Gasteiger partial charge in [0.05, 0.1) is 18.6 Å². The Morgan fingerprint density at radius 3 is 2.07 bits per heavy atom. The third kappa shape index (κ3) is 6.00. The molecule has 0 amide bonds.